The molecular formula is C8H12O2. The van der Waals surface area contributed by atoms with Gasteiger partial charge in [0.05, 0.1) is 12.2 Å². The van der Waals surface area contributed by atoms with Crippen molar-refractivity contribution in [1.82, 2.24) is 0 Å². The molecule has 0 amide bonds. The highest BCUT2D eigenvalue weighted by molar-refractivity contribution is 5.26. The van der Waals surface area contributed by atoms with Gasteiger partial charge in [-0.25, -0.2) is 0 Å². The molecule has 2 bridgehead atoms. The van der Waals surface area contributed by atoms with Crippen molar-refractivity contribution in [2.45, 2.75) is 38.1 Å². The number of ether oxygens (including phenoxy) is 1. The standard InChI is InChI=1S/C8H12O2/c1-5-4-8(2)7(9)3-6(5)10-8/h4,6-7,9H,3H2,1-2H3. The second-order valence-corrected chi connectivity index (χ2v) is 3.43. The first-order valence-electron chi connectivity index (χ1n) is 3.67. The molecule has 0 saturated carbocycles. The van der Waals surface area contributed by atoms with Crippen molar-refractivity contribution in [3.05, 3.63) is 11.6 Å². The Kier molecular flexibility index (Phi) is 1.04. The van der Waals surface area contributed by atoms with E-state index in [9.17, 15) is 5.11 Å². The van der Waals surface area contributed by atoms with Gasteiger partial charge in [0.15, 0.2) is 0 Å². The average molecular weight is 140 g/mol. The molecule has 0 aromatic rings. The van der Waals surface area contributed by atoms with E-state index in [1.165, 1.54) is 5.57 Å². The molecule has 56 valence electrons. The van der Waals surface area contributed by atoms with Crippen molar-refractivity contribution in [2.24, 2.45) is 0 Å². The minimum atomic E-state index is -0.366. The molecule has 2 aliphatic heterocycles. The Morgan fingerprint density at radius 1 is 1.80 bits per heavy atom. The Balaban J connectivity index is 2.36. The molecule has 1 fully saturated rings. The molecule has 0 radical (unpaired) electrons. The smallest absolute Gasteiger partial charge is 0.110 e. The van der Waals surface area contributed by atoms with Crippen LogP contribution in [0.4, 0.5) is 0 Å². The van der Waals surface area contributed by atoms with Gasteiger partial charge in [0.2, 0.25) is 0 Å². The molecule has 2 heteroatoms. The molecule has 1 saturated heterocycles. The third-order valence-corrected chi connectivity index (χ3v) is 2.52. The fourth-order valence-electron chi connectivity index (χ4n) is 1.82. The predicted molar refractivity (Wildman–Crippen MR) is 37.7 cm³/mol. The fourth-order valence-corrected chi connectivity index (χ4v) is 1.82. The maximum Gasteiger partial charge on any atom is 0.110 e. The summed E-state index contributed by atoms with van der Waals surface area (Å²) in [5.74, 6) is 0. The van der Waals surface area contributed by atoms with Gasteiger partial charge in [-0.15, -0.1) is 0 Å². The molecule has 0 aromatic carbocycles. The molecule has 0 aliphatic carbocycles. The van der Waals surface area contributed by atoms with Gasteiger partial charge >= 0.3 is 0 Å². The molecule has 0 spiro atoms. The summed E-state index contributed by atoms with van der Waals surface area (Å²) in [5.41, 5.74) is 0.905. The van der Waals surface area contributed by atoms with Crippen LogP contribution in [0.1, 0.15) is 20.3 Å². The SMILES string of the molecule is CC1=CC2(C)OC1CC2O. The minimum Gasteiger partial charge on any atom is -0.390 e. The number of aliphatic hydroxyl groups excluding tert-OH is 1. The van der Waals surface area contributed by atoms with E-state index in [1.54, 1.807) is 0 Å². The average Bonchev–Trinajstić information content (AvgIpc) is 2.20. The maximum absolute atomic E-state index is 9.43. The number of rotatable bonds is 0. The topological polar surface area (TPSA) is 29.5 Å². The van der Waals surface area contributed by atoms with E-state index in [2.05, 4.69) is 6.92 Å². The van der Waals surface area contributed by atoms with Gasteiger partial charge in [0, 0.05) is 6.42 Å². The van der Waals surface area contributed by atoms with Gasteiger partial charge in [-0.2, -0.15) is 0 Å². The van der Waals surface area contributed by atoms with Gasteiger partial charge in [0.25, 0.3) is 0 Å². The summed E-state index contributed by atoms with van der Waals surface area (Å²) in [6.07, 6.45) is 2.71. The van der Waals surface area contributed by atoms with Crippen molar-refractivity contribution in [2.75, 3.05) is 0 Å². The third-order valence-electron chi connectivity index (χ3n) is 2.52. The van der Waals surface area contributed by atoms with E-state index in [4.69, 9.17) is 4.74 Å². The quantitative estimate of drug-likeness (QED) is 0.505. The van der Waals surface area contributed by atoms with Gasteiger partial charge in [-0.1, -0.05) is 0 Å². The van der Waals surface area contributed by atoms with E-state index < -0.39 is 0 Å². The van der Waals surface area contributed by atoms with Crippen LogP contribution < -0.4 is 0 Å². The van der Waals surface area contributed by atoms with Crippen molar-refractivity contribution in [1.29, 1.82) is 0 Å². The van der Waals surface area contributed by atoms with Crippen LogP contribution in [0.2, 0.25) is 0 Å². The van der Waals surface area contributed by atoms with Crippen LogP contribution in [0.15, 0.2) is 11.6 Å². The highest BCUT2D eigenvalue weighted by atomic mass is 16.5. The Morgan fingerprint density at radius 2 is 2.50 bits per heavy atom. The van der Waals surface area contributed by atoms with E-state index in [-0.39, 0.29) is 17.8 Å². The van der Waals surface area contributed by atoms with Crippen molar-refractivity contribution in [3.8, 4) is 0 Å². The summed E-state index contributed by atoms with van der Waals surface area (Å²) < 4.78 is 5.54. The Morgan fingerprint density at radius 3 is 2.80 bits per heavy atom. The number of fused-ring (bicyclic) bond motifs is 2. The maximum atomic E-state index is 9.43. The summed E-state index contributed by atoms with van der Waals surface area (Å²) >= 11 is 0. The van der Waals surface area contributed by atoms with Crippen LogP contribution in [0.3, 0.4) is 0 Å². The van der Waals surface area contributed by atoms with Crippen molar-refractivity contribution in [3.63, 3.8) is 0 Å². The van der Waals surface area contributed by atoms with E-state index in [1.807, 2.05) is 13.0 Å². The van der Waals surface area contributed by atoms with Crippen LogP contribution in [0.25, 0.3) is 0 Å². The monoisotopic (exact) mass is 140 g/mol. The highest BCUT2D eigenvalue weighted by Crippen LogP contribution is 2.41. The van der Waals surface area contributed by atoms with Crippen LogP contribution in [-0.2, 0) is 4.74 Å². The lowest BCUT2D eigenvalue weighted by molar-refractivity contribution is -0.00947. The molecule has 2 heterocycles. The van der Waals surface area contributed by atoms with E-state index in [0.717, 1.165) is 6.42 Å². The molecule has 2 nitrogen and oxygen atoms in total. The molecule has 3 unspecified atom stereocenters. The summed E-state index contributed by atoms with van der Waals surface area (Å²) in [7, 11) is 0. The summed E-state index contributed by atoms with van der Waals surface area (Å²) in [4.78, 5) is 0. The van der Waals surface area contributed by atoms with Gasteiger partial charge in [-0.3, -0.25) is 0 Å². The highest BCUT2D eigenvalue weighted by Gasteiger charge is 2.48. The van der Waals surface area contributed by atoms with Crippen LogP contribution in [0, 0.1) is 0 Å². The van der Waals surface area contributed by atoms with Crippen molar-refractivity contribution < 1.29 is 9.84 Å². The summed E-state index contributed by atoms with van der Waals surface area (Å²) in [5, 5.41) is 9.43. The second kappa shape index (κ2) is 1.63. The first-order chi connectivity index (χ1) is 4.62. The fraction of sp³-hybridized carbons (Fsp3) is 0.750. The lowest BCUT2D eigenvalue weighted by atomic mass is 9.90. The Labute approximate surface area is 60.5 Å². The number of hydrogen-bond acceptors (Lipinski definition) is 2. The number of hydrogen-bond donors (Lipinski definition) is 1. The first kappa shape index (κ1) is 6.38. The second-order valence-electron chi connectivity index (χ2n) is 3.43. The predicted octanol–water partition coefficient (Wildman–Crippen LogP) is 0.855. The van der Waals surface area contributed by atoms with Crippen LogP contribution in [0.5, 0.6) is 0 Å². The lowest BCUT2D eigenvalue weighted by Crippen LogP contribution is -2.32. The first-order valence-corrected chi connectivity index (χ1v) is 3.67. The third kappa shape index (κ3) is 0.607. The number of aliphatic hydroxyl groups is 1. The van der Waals surface area contributed by atoms with Gasteiger partial charge < -0.3 is 9.84 Å². The van der Waals surface area contributed by atoms with E-state index in [0.29, 0.717) is 0 Å². The lowest BCUT2D eigenvalue weighted by Gasteiger charge is -2.20. The summed E-state index contributed by atoms with van der Waals surface area (Å²) in [6, 6.07) is 0. The summed E-state index contributed by atoms with van der Waals surface area (Å²) in [6.45, 7) is 4.00. The molecule has 1 N–H and O–H groups in total. The zero-order valence-corrected chi connectivity index (χ0v) is 6.29. The van der Waals surface area contributed by atoms with Gasteiger partial charge in [-0.05, 0) is 25.5 Å². The molecule has 3 atom stereocenters. The molecule has 2 rings (SSSR count). The molecule has 2 aliphatic rings. The molecular weight excluding hydrogens is 128 g/mol. The minimum absolute atomic E-state index is 0.194. The van der Waals surface area contributed by atoms with Crippen LogP contribution >= 0.6 is 0 Å². The molecule has 10 heavy (non-hydrogen) atoms. The largest absolute Gasteiger partial charge is 0.390 e. The van der Waals surface area contributed by atoms with E-state index >= 15 is 0 Å². The zero-order chi connectivity index (χ0) is 7.35. The molecule has 0 aromatic heterocycles. The zero-order valence-electron chi connectivity index (χ0n) is 6.29. The van der Waals surface area contributed by atoms with Crippen molar-refractivity contribution >= 4 is 0 Å². The Hall–Kier alpha value is -0.340. The van der Waals surface area contributed by atoms with Crippen LogP contribution in [-0.4, -0.2) is 22.9 Å². The normalized spacial score (nSPS) is 51.7. The van der Waals surface area contributed by atoms with Gasteiger partial charge in [0.1, 0.15) is 5.60 Å². The Bertz CT molecular complexity index is 197.